The van der Waals surface area contributed by atoms with Crippen LogP contribution in [-0.4, -0.2) is 77.8 Å². The van der Waals surface area contributed by atoms with Crippen LogP contribution in [0.1, 0.15) is 12.5 Å². The Morgan fingerprint density at radius 2 is 1.52 bits per heavy atom. The highest BCUT2D eigenvalue weighted by Crippen LogP contribution is 2.54. The number of carbonyl (C=O) groups is 3. The summed E-state index contributed by atoms with van der Waals surface area (Å²) in [5.41, 5.74) is 0.860. The molecule has 0 bridgehead atoms. The number of likely N-dealkylation sites (tertiary alicyclic amines) is 1. The fraction of sp³-hybridized carbons (Fsp3) is 0.293. The summed E-state index contributed by atoms with van der Waals surface area (Å²) >= 11 is 0. The van der Waals surface area contributed by atoms with Gasteiger partial charge in [-0.05, 0) is 66.1 Å². The zero-order valence-electron chi connectivity index (χ0n) is 27.8. The maximum absolute atomic E-state index is 15.1. The molecule has 4 aliphatic rings. The highest BCUT2D eigenvalue weighted by molar-refractivity contribution is 6.08. The Bertz CT molecular complexity index is 1990. The number of nitrogens with zero attached hydrogens (tertiary/aromatic N) is 3. The van der Waals surface area contributed by atoms with E-state index in [2.05, 4.69) is 0 Å². The van der Waals surface area contributed by atoms with Gasteiger partial charge in [-0.25, -0.2) is 0 Å². The molecular formula is C41H39N3O6. The van der Waals surface area contributed by atoms with E-state index in [-0.39, 0.29) is 30.9 Å². The van der Waals surface area contributed by atoms with Gasteiger partial charge >= 0.3 is 0 Å². The molecule has 9 heteroatoms. The highest BCUT2D eigenvalue weighted by Gasteiger charge is 2.72. The molecule has 2 fully saturated rings. The Kier molecular flexibility index (Phi) is 8.25. The Hall–Kier alpha value is -5.25. The summed E-state index contributed by atoms with van der Waals surface area (Å²) in [5.74, 6) is -2.11. The van der Waals surface area contributed by atoms with Gasteiger partial charge in [0.15, 0.2) is 0 Å². The van der Waals surface area contributed by atoms with Crippen molar-refractivity contribution in [1.82, 2.24) is 4.90 Å². The van der Waals surface area contributed by atoms with Crippen molar-refractivity contribution >= 4 is 39.9 Å². The van der Waals surface area contributed by atoms with E-state index < -0.39 is 35.6 Å². The largest absolute Gasteiger partial charge is 0.494 e. The number of hydrogen-bond acceptors (Lipinski definition) is 6. The van der Waals surface area contributed by atoms with Crippen molar-refractivity contribution in [2.75, 3.05) is 36.1 Å². The molecule has 4 heterocycles. The van der Waals surface area contributed by atoms with Gasteiger partial charge in [0.25, 0.3) is 5.91 Å². The van der Waals surface area contributed by atoms with Crippen LogP contribution in [0, 0.1) is 11.8 Å². The third-order valence-electron chi connectivity index (χ3n) is 10.5. The minimum Gasteiger partial charge on any atom is -0.494 e. The third kappa shape index (κ3) is 5.20. The summed E-state index contributed by atoms with van der Waals surface area (Å²) in [7, 11) is 0. The van der Waals surface area contributed by atoms with E-state index in [9.17, 15) is 9.90 Å². The van der Waals surface area contributed by atoms with Gasteiger partial charge in [0.05, 0.1) is 37.2 Å². The molecule has 0 aromatic heterocycles. The minimum atomic E-state index is -1.43. The van der Waals surface area contributed by atoms with Gasteiger partial charge in [-0.1, -0.05) is 85.0 Å². The van der Waals surface area contributed by atoms with Gasteiger partial charge in [0.2, 0.25) is 11.8 Å². The average molecular weight is 670 g/mol. The van der Waals surface area contributed by atoms with E-state index in [4.69, 9.17) is 9.47 Å². The second kappa shape index (κ2) is 12.9. The van der Waals surface area contributed by atoms with E-state index in [0.717, 1.165) is 16.3 Å². The molecule has 50 heavy (non-hydrogen) atoms. The summed E-state index contributed by atoms with van der Waals surface area (Å²) in [4.78, 5) is 49.6. The van der Waals surface area contributed by atoms with Crippen molar-refractivity contribution in [2.24, 2.45) is 11.8 Å². The van der Waals surface area contributed by atoms with Crippen LogP contribution in [0.2, 0.25) is 0 Å². The molecule has 254 valence electrons. The van der Waals surface area contributed by atoms with Crippen LogP contribution >= 0.6 is 0 Å². The molecule has 8 rings (SSSR count). The van der Waals surface area contributed by atoms with Crippen LogP contribution in [0.3, 0.4) is 0 Å². The number of anilines is 2. The second-order valence-electron chi connectivity index (χ2n) is 13.3. The van der Waals surface area contributed by atoms with Crippen molar-refractivity contribution in [3.05, 3.63) is 127 Å². The number of amides is 3. The first-order chi connectivity index (χ1) is 24.4. The van der Waals surface area contributed by atoms with Crippen molar-refractivity contribution in [2.45, 2.75) is 37.1 Å². The summed E-state index contributed by atoms with van der Waals surface area (Å²) in [6, 6.07) is 28.9. The summed E-state index contributed by atoms with van der Waals surface area (Å²) in [5, 5.41) is 12.9. The Morgan fingerprint density at radius 1 is 0.820 bits per heavy atom. The number of benzene rings is 4. The smallest absolute Gasteiger partial charge is 0.253 e. The predicted octanol–water partition coefficient (Wildman–Crippen LogP) is 4.93. The molecule has 0 aliphatic carbocycles. The molecule has 1 unspecified atom stereocenters. The standard InChI is InChI=1S/C41H39N3O6/c1-2-49-33-19-17-30(18-20-33)42-22-8-14-34-35(38(42)46)36-39(47)44(32(26-45)24-27-10-4-3-5-11-27)37-40(48)43(23-9-21-41(36,37)50-34)31-16-15-28-12-6-7-13-29(28)25-31/h3-21,25,32,34-37,45H,2,22-24,26H2,1H3/t32-,34-,35+,36+,37?,41+/m1/s1. The van der Waals surface area contributed by atoms with E-state index in [1.165, 1.54) is 4.90 Å². The zero-order chi connectivity index (χ0) is 34.4. The van der Waals surface area contributed by atoms with Crippen molar-refractivity contribution in [3.8, 4) is 5.75 Å². The fourth-order valence-electron chi connectivity index (χ4n) is 8.30. The number of aliphatic hydroxyl groups excluding tert-OH is 1. The van der Waals surface area contributed by atoms with Gasteiger partial charge in [-0.15, -0.1) is 0 Å². The van der Waals surface area contributed by atoms with Crippen LogP contribution in [0.15, 0.2) is 121 Å². The van der Waals surface area contributed by atoms with Crippen LogP contribution in [0.25, 0.3) is 10.8 Å². The maximum atomic E-state index is 15.1. The Labute approximate surface area is 291 Å². The SMILES string of the molecule is CCOc1ccc(N2CC=C[C@H]3O[C@]45C=CCN(c6ccc7ccccc7c6)C(=O)C4N([C@@H](CO)Cc4ccccc4)C(=O)[C@@H]5[C@H]3C2=O)cc1. The quantitative estimate of drug-likeness (QED) is 0.267. The normalized spacial score (nSPS) is 26.4. The van der Waals surface area contributed by atoms with Gasteiger partial charge in [0, 0.05) is 24.5 Å². The topological polar surface area (TPSA) is 99.6 Å². The molecule has 4 aromatic rings. The fourth-order valence-corrected chi connectivity index (χ4v) is 8.30. The Balaban J connectivity index is 1.22. The molecule has 6 atom stereocenters. The molecule has 3 amide bonds. The second-order valence-corrected chi connectivity index (χ2v) is 13.3. The number of fused-ring (bicyclic) bond motifs is 3. The first kappa shape index (κ1) is 32.0. The molecule has 0 radical (unpaired) electrons. The van der Waals surface area contributed by atoms with Crippen molar-refractivity contribution < 1.29 is 29.0 Å². The molecule has 1 N–H and O–H groups in total. The van der Waals surface area contributed by atoms with Crippen LogP contribution in [-0.2, 0) is 25.5 Å². The number of ether oxygens (including phenoxy) is 2. The van der Waals surface area contributed by atoms with Crippen LogP contribution in [0.5, 0.6) is 5.75 Å². The van der Waals surface area contributed by atoms with E-state index in [1.807, 2.05) is 128 Å². The molecular weight excluding hydrogens is 630 g/mol. The van der Waals surface area contributed by atoms with E-state index in [1.54, 1.807) is 9.80 Å². The summed E-state index contributed by atoms with van der Waals surface area (Å²) < 4.78 is 12.5. The average Bonchev–Trinajstić information content (AvgIpc) is 3.46. The highest BCUT2D eigenvalue weighted by atomic mass is 16.5. The van der Waals surface area contributed by atoms with Crippen LogP contribution < -0.4 is 14.5 Å². The summed E-state index contributed by atoms with van der Waals surface area (Å²) in [6.45, 7) is 2.64. The van der Waals surface area contributed by atoms with Gasteiger partial charge in [-0.2, -0.15) is 0 Å². The monoisotopic (exact) mass is 669 g/mol. The van der Waals surface area contributed by atoms with E-state index in [0.29, 0.717) is 36.7 Å². The lowest BCUT2D eigenvalue weighted by atomic mass is 9.77. The first-order valence-electron chi connectivity index (χ1n) is 17.3. The number of hydrogen-bond donors (Lipinski definition) is 1. The minimum absolute atomic E-state index is 0.250. The zero-order valence-corrected chi connectivity index (χ0v) is 27.8. The van der Waals surface area contributed by atoms with Crippen molar-refractivity contribution in [1.29, 1.82) is 0 Å². The lowest BCUT2D eigenvalue weighted by molar-refractivity contribution is -0.144. The molecule has 9 nitrogen and oxygen atoms in total. The molecule has 4 aromatic carbocycles. The molecule has 4 aliphatic heterocycles. The number of rotatable bonds is 8. The Morgan fingerprint density at radius 3 is 2.28 bits per heavy atom. The van der Waals surface area contributed by atoms with Crippen LogP contribution in [0.4, 0.5) is 11.4 Å². The number of aliphatic hydroxyl groups is 1. The third-order valence-corrected chi connectivity index (χ3v) is 10.5. The predicted molar refractivity (Wildman–Crippen MR) is 191 cm³/mol. The maximum Gasteiger partial charge on any atom is 0.253 e. The molecule has 2 saturated heterocycles. The van der Waals surface area contributed by atoms with E-state index >= 15 is 9.59 Å². The van der Waals surface area contributed by atoms with Crippen molar-refractivity contribution in [3.63, 3.8) is 0 Å². The lowest BCUT2D eigenvalue weighted by Crippen LogP contribution is -2.58. The number of carbonyl (C=O) groups excluding carboxylic acids is 3. The summed E-state index contributed by atoms with van der Waals surface area (Å²) in [6.07, 6.45) is 7.08. The van der Waals surface area contributed by atoms with Gasteiger partial charge < -0.3 is 29.3 Å². The first-order valence-corrected chi connectivity index (χ1v) is 17.3. The van der Waals surface area contributed by atoms with Gasteiger partial charge in [-0.3, -0.25) is 14.4 Å². The van der Waals surface area contributed by atoms with Gasteiger partial charge in [0.1, 0.15) is 17.4 Å². The lowest BCUT2D eigenvalue weighted by Gasteiger charge is -2.38. The molecule has 1 spiro atoms. The molecule has 0 saturated carbocycles.